The van der Waals surface area contributed by atoms with E-state index in [4.69, 9.17) is 4.98 Å². The molecule has 0 aliphatic heterocycles. The molecule has 3 nitrogen and oxygen atoms in total. The van der Waals surface area contributed by atoms with E-state index in [1.165, 1.54) is 17.0 Å². The molecule has 0 atom stereocenters. The molecule has 0 aliphatic carbocycles. The Hall–Kier alpha value is -2.77. The van der Waals surface area contributed by atoms with E-state index < -0.39 is 13.6 Å². The second-order valence-corrected chi connectivity index (χ2v) is 20.7. The molecule has 0 aliphatic rings. The molecule has 2 heterocycles. The van der Waals surface area contributed by atoms with Crippen LogP contribution in [0.5, 0.6) is 0 Å². The van der Waals surface area contributed by atoms with Gasteiger partial charge in [0.25, 0.3) is 0 Å². The number of hydrogen-bond donors (Lipinski definition) is 1. The number of halogens is 2. The zero-order chi connectivity index (χ0) is 36.1. The minimum Gasteiger partial charge on any atom is -0.512 e. The number of rotatable bonds is 12. The molecule has 0 amide bonds. The summed E-state index contributed by atoms with van der Waals surface area (Å²) in [5.74, 6) is 0.904. The van der Waals surface area contributed by atoms with Gasteiger partial charge >= 0.3 is 0 Å². The van der Waals surface area contributed by atoms with Crippen LogP contribution in [0.4, 0.5) is 8.78 Å². The van der Waals surface area contributed by atoms with Gasteiger partial charge in [0.1, 0.15) is 8.07 Å². The van der Waals surface area contributed by atoms with Gasteiger partial charge in [0.2, 0.25) is 5.55 Å². The largest absolute Gasteiger partial charge is 0.512 e. The predicted molar refractivity (Wildman–Crippen MR) is 209 cm³/mol. The number of allylic oxidation sites excluding steroid dienone is 2. The van der Waals surface area contributed by atoms with Crippen molar-refractivity contribution >= 4 is 56.1 Å². The SMILES string of the molecule is CC(C)c1cc(-c2nccc3c2sc2c(CC(F)(F)[Si](C)(C)C)cccc23)[c-]c2ccccc12.CCC(CC)C(=O)/C=C(\O)C(CC)CC.[Ir]. The first-order valence-electron chi connectivity index (χ1n) is 17.7. The van der Waals surface area contributed by atoms with Crippen LogP contribution in [0, 0.1) is 17.9 Å². The number of thiophene rings is 1. The molecule has 0 bridgehead atoms. The molecule has 3 aromatic carbocycles. The number of benzene rings is 3. The number of aliphatic hydroxyl groups excluding tert-OH is 1. The Kier molecular flexibility index (Phi) is 14.7. The van der Waals surface area contributed by atoms with E-state index in [9.17, 15) is 9.90 Å². The summed E-state index contributed by atoms with van der Waals surface area (Å²) in [6.07, 6.45) is 6.52. The van der Waals surface area contributed by atoms with Crippen molar-refractivity contribution in [1.29, 1.82) is 0 Å². The van der Waals surface area contributed by atoms with Crippen molar-refractivity contribution in [2.45, 2.75) is 105 Å². The van der Waals surface area contributed by atoms with Gasteiger partial charge in [-0.15, -0.1) is 40.5 Å². The summed E-state index contributed by atoms with van der Waals surface area (Å²) in [6, 6.07) is 21.9. The molecular formula is C42H52F2IrNO2SSi-. The van der Waals surface area contributed by atoms with E-state index >= 15 is 8.78 Å². The third-order valence-electron chi connectivity index (χ3n) is 9.77. The fourth-order valence-corrected chi connectivity index (χ4v) is 8.29. The molecule has 1 N–H and O–H groups in total. The quantitative estimate of drug-likeness (QED) is 0.0588. The Balaban J connectivity index is 0.000000361. The van der Waals surface area contributed by atoms with Crippen molar-refractivity contribution in [1.82, 2.24) is 4.98 Å². The second kappa shape index (κ2) is 17.6. The molecule has 2 aromatic heterocycles. The van der Waals surface area contributed by atoms with Gasteiger partial charge < -0.3 is 5.11 Å². The van der Waals surface area contributed by atoms with Gasteiger partial charge in [0, 0.05) is 71.1 Å². The first-order valence-corrected chi connectivity index (χ1v) is 22.0. The van der Waals surface area contributed by atoms with E-state index in [0.29, 0.717) is 5.92 Å². The van der Waals surface area contributed by atoms with Gasteiger partial charge in [-0.2, -0.15) is 0 Å². The predicted octanol–water partition coefficient (Wildman–Crippen LogP) is 13.1. The van der Waals surface area contributed by atoms with Gasteiger partial charge in [-0.3, -0.25) is 9.78 Å². The Labute approximate surface area is 316 Å². The number of hydrogen-bond acceptors (Lipinski definition) is 4. The van der Waals surface area contributed by atoms with Gasteiger partial charge in [0.05, 0.1) is 5.76 Å². The number of aromatic nitrogens is 1. The molecule has 5 aromatic rings. The zero-order valence-electron chi connectivity index (χ0n) is 30.9. The van der Waals surface area contributed by atoms with Crippen molar-refractivity contribution in [3.63, 3.8) is 0 Å². The van der Waals surface area contributed by atoms with Crippen molar-refractivity contribution < 1.29 is 38.8 Å². The Morgan fingerprint density at radius 3 is 2.10 bits per heavy atom. The van der Waals surface area contributed by atoms with E-state index in [0.717, 1.165) is 68.1 Å². The number of carbonyl (C=O) groups excluding carboxylic acids is 1. The normalized spacial score (nSPS) is 12.6. The van der Waals surface area contributed by atoms with Crippen molar-refractivity contribution in [3.05, 3.63) is 89.8 Å². The van der Waals surface area contributed by atoms with Crippen LogP contribution in [0.25, 0.3) is 42.2 Å². The number of carbonyl (C=O) groups is 1. The maximum Gasteiger partial charge on any atom is 0.233 e. The van der Waals surface area contributed by atoms with Crippen LogP contribution in [-0.4, -0.2) is 29.5 Å². The molecule has 0 saturated carbocycles. The average molecular weight is 893 g/mol. The van der Waals surface area contributed by atoms with Crippen LogP contribution in [0.15, 0.2) is 72.6 Å². The van der Waals surface area contributed by atoms with Crippen LogP contribution in [0.2, 0.25) is 19.6 Å². The van der Waals surface area contributed by atoms with Crippen LogP contribution >= 0.6 is 11.3 Å². The van der Waals surface area contributed by atoms with Crippen LogP contribution in [0.1, 0.15) is 84.3 Å². The van der Waals surface area contributed by atoms with Gasteiger partial charge in [-0.05, 0) is 48.6 Å². The third kappa shape index (κ3) is 9.17. The first-order chi connectivity index (χ1) is 23.2. The molecule has 5 rings (SSSR count). The van der Waals surface area contributed by atoms with Gasteiger partial charge in [-0.25, -0.2) is 8.78 Å². The van der Waals surface area contributed by atoms with E-state index in [2.05, 4.69) is 44.2 Å². The third-order valence-corrected chi connectivity index (χ3v) is 13.4. The summed E-state index contributed by atoms with van der Waals surface area (Å²) in [5, 5.41) is 14.1. The van der Waals surface area contributed by atoms with E-state index in [-0.39, 0.29) is 49.9 Å². The second-order valence-electron chi connectivity index (χ2n) is 14.4. The average Bonchev–Trinajstić information content (AvgIpc) is 3.45. The number of fused-ring (bicyclic) bond motifs is 4. The number of ketones is 1. The summed E-state index contributed by atoms with van der Waals surface area (Å²) < 4.78 is 32.1. The molecular weight excluding hydrogens is 841 g/mol. The smallest absolute Gasteiger partial charge is 0.233 e. The minimum atomic E-state index is -2.67. The summed E-state index contributed by atoms with van der Waals surface area (Å²) in [5.41, 5.74) is 1.14. The Bertz CT molecular complexity index is 1940. The Morgan fingerprint density at radius 1 is 0.900 bits per heavy atom. The fraction of sp³-hybridized carbons (Fsp3) is 0.429. The molecule has 0 fully saturated rings. The summed E-state index contributed by atoms with van der Waals surface area (Å²) in [6.45, 7) is 17.7. The summed E-state index contributed by atoms with van der Waals surface area (Å²) >= 11 is 1.58. The molecule has 0 spiro atoms. The number of nitrogens with zero attached hydrogens (tertiary/aromatic N) is 1. The number of alkyl halides is 2. The van der Waals surface area contributed by atoms with E-state index in [1.807, 2.05) is 64.2 Å². The van der Waals surface area contributed by atoms with Gasteiger partial charge in [-0.1, -0.05) is 109 Å². The monoisotopic (exact) mass is 893 g/mol. The molecule has 0 unspecified atom stereocenters. The fourth-order valence-electron chi connectivity index (χ4n) is 6.26. The van der Waals surface area contributed by atoms with Crippen molar-refractivity contribution in [2.24, 2.45) is 11.8 Å². The maximum absolute atomic E-state index is 15.1. The number of aliphatic hydroxyl groups is 1. The van der Waals surface area contributed by atoms with Crippen LogP contribution in [-0.2, 0) is 31.3 Å². The zero-order valence-corrected chi connectivity index (χ0v) is 35.1. The van der Waals surface area contributed by atoms with Crippen molar-refractivity contribution in [2.75, 3.05) is 0 Å². The first kappa shape index (κ1) is 41.6. The minimum absolute atomic E-state index is 0. The van der Waals surface area contributed by atoms with Crippen LogP contribution in [0.3, 0.4) is 0 Å². The Morgan fingerprint density at radius 2 is 1.50 bits per heavy atom. The van der Waals surface area contributed by atoms with Crippen LogP contribution < -0.4 is 0 Å². The maximum atomic E-state index is 15.1. The topological polar surface area (TPSA) is 50.2 Å². The summed E-state index contributed by atoms with van der Waals surface area (Å²) in [7, 11) is -2.65. The van der Waals surface area contributed by atoms with E-state index in [1.54, 1.807) is 31.0 Å². The molecule has 50 heavy (non-hydrogen) atoms. The molecule has 8 heteroatoms. The van der Waals surface area contributed by atoms with Crippen molar-refractivity contribution in [3.8, 4) is 11.3 Å². The molecule has 0 saturated heterocycles. The number of pyridine rings is 1. The molecule has 271 valence electrons. The standard InChI is InChI=1S/C29H28F2NSSi.C13H24O2.Ir/c1-18(2)25-16-21(15-19-9-6-7-11-22(19)25)26-28-24(13-14-32-26)23-12-8-10-20(27(23)33-28)17-29(30,31)34(3,4)5;1-5-10(6-2)12(14)9-13(15)11(7-3)8-4;/h6-14,16,18H,17H2,1-5H3;9-11,14H,5-8H2,1-4H3;/q-1;;/b;12-9-;. The van der Waals surface area contributed by atoms with Gasteiger partial charge in [0.15, 0.2) is 5.78 Å². The summed E-state index contributed by atoms with van der Waals surface area (Å²) in [4.78, 5) is 16.5. The molecule has 1 radical (unpaired) electrons.